The fourth-order valence-corrected chi connectivity index (χ4v) is 1.37. The third-order valence-corrected chi connectivity index (χ3v) is 2.05. The monoisotopic (exact) mass is 225 g/mol. The third kappa shape index (κ3) is 2.94. The zero-order chi connectivity index (χ0) is 12.3. The first-order valence-corrected chi connectivity index (χ1v) is 5.14. The van der Waals surface area contributed by atoms with Crippen LogP contribution in [0.3, 0.4) is 0 Å². The normalized spacial score (nSPS) is 17.1. The first-order chi connectivity index (χ1) is 7.35. The van der Waals surface area contributed by atoms with E-state index in [9.17, 15) is 14.4 Å². The molecule has 0 aromatic heterocycles. The van der Waals surface area contributed by atoms with Gasteiger partial charge in [0.1, 0.15) is 17.1 Å². The number of ether oxygens (including phenoxy) is 1. The largest absolute Gasteiger partial charge is 0.443 e. The average molecular weight is 225 g/mol. The minimum atomic E-state index is -0.704. The van der Waals surface area contributed by atoms with Crippen LogP contribution in [0.2, 0.25) is 0 Å². The SMILES string of the molecule is CC(C)(C)OC(=O)N1CCCC(=C=O)C1=O. The van der Waals surface area contributed by atoms with Crippen molar-refractivity contribution in [2.75, 3.05) is 6.54 Å². The summed E-state index contributed by atoms with van der Waals surface area (Å²) < 4.78 is 5.06. The van der Waals surface area contributed by atoms with Crippen LogP contribution in [-0.2, 0) is 14.3 Å². The molecule has 88 valence electrons. The topological polar surface area (TPSA) is 63.7 Å². The smallest absolute Gasteiger partial charge is 0.417 e. The summed E-state index contributed by atoms with van der Waals surface area (Å²) in [7, 11) is 0. The van der Waals surface area contributed by atoms with Gasteiger partial charge in [-0.05, 0) is 33.6 Å². The maximum absolute atomic E-state index is 11.6. The van der Waals surface area contributed by atoms with Crippen LogP contribution in [-0.4, -0.2) is 35.0 Å². The summed E-state index contributed by atoms with van der Waals surface area (Å²) in [5.74, 6) is 0.982. The third-order valence-electron chi connectivity index (χ3n) is 2.05. The fraction of sp³-hybridized carbons (Fsp3) is 0.636. The molecule has 1 heterocycles. The minimum absolute atomic E-state index is 0.0112. The molecule has 5 heteroatoms. The number of hydrogen-bond acceptors (Lipinski definition) is 4. The number of nitrogens with zero attached hydrogens (tertiary/aromatic N) is 1. The van der Waals surface area contributed by atoms with Crippen LogP contribution in [0.15, 0.2) is 5.57 Å². The molecule has 0 atom stereocenters. The van der Waals surface area contributed by atoms with Crippen LogP contribution in [0.1, 0.15) is 33.6 Å². The number of piperidine rings is 1. The molecular formula is C11H15NO4. The van der Waals surface area contributed by atoms with Crippen molar-refractivity contribution >= 4 is 17.9 Å². The molecule has 5 nitrogen and oxygen atoms in total. The van der Waals surface area contributed by atoms with E-state index in [2.05, 4.69) is 0 Å². The second kappa shape index (κ2) is 4.49. The number of imide groups is 1. The van der Waals surface area contributed by atoms with Gasteiger partial charge in [0.15, 0.2) is 0 Å². The van der Waals surface area contributed by atoms with Gasteiger partial charge in [-0.2, -0.15) is 0 Å². The van der Waals surface area contributed by atoms with Crippen molar-refractivity contribution in [3.8, 4) is 0 Å². The molecule has 1 fully saturated rings. The molecule has 1 rings (SSSR count). The second-order valence-electron chi connectivity index (χ2n) is 4.62. The molecule has 0 saturated carbocycles. The van der Waals surface area contributed by atoms with Crippen molar-refractivity contribution in [2.45, 2.75) is 39.2 Å². The van der Waals surface area contributed by atoms with Crippen molar-refractivity contribution in [1.29, 1.82) is 0 Å². The fourth-order valence-electron chi connectivity index (χ4n) is 1.37. The summed E-state index contributed by atoms with van der Waals surface area (Å²) in [6, 6.07) is 0. The lowest BCUT2D eigenvalue weighted by Gasteiger charge is -2.28. The van der Waals surface area contributed by atoms with E-state index in [1.54, 1.807) is 26.7 Å². The van der Waals surface area contributed by atoms with Crippen molar-refractivity contribution < 1.29 is 19.1 Å². The molecule has 0 spiro atoms. The standard InChI is InChI=1S/C11H15NO4/c1-11(2,3)16-10(15)12-6-4-5-8(7-13)9(12)14/h4-6H2,1-3H3. The van der Waals surface area contributed by atoms with Gasteiger partial charge in [-0.15, -0.1) is 0 Å². The molecule has 0 unspecified atom stereocenters. The first-order valence-electron chi connectivity index (χ1n) is 5.14. The van der Waals surface area contributed by atoms with Gasteiger partial charge >= 0.3 is 6.09 Å². The molecule has 16 heavy (non-hydrogen) atoms. The van der Waals surface area contributed by atoms with Crippen molar-refractivity contribution in [2.24, 2.45) is 0 Å². The molecule has 2 amide bonds. The van der Waals surface area contributed by atoms with Crippen LogP contribution in [0.4, 0.5) is 4.79 Å². The van der Waals surface area contributed by atoms with Gasteiger partial charge in [-0.3, -0.25) is 4.79 Å². The van der Waals surface area contributed by atoms with Gasteiger partial charge < -0.3 is 4.74 Å². The average Bonchev–Trinajstić information content (AvgIpc) is 2.15. The van der Waals surface area contributed by atoms with Gasteiger partial charge in [0.2, 0.25) is 0 Å². The van der Waals surface area contributed by atoms with E-state index in [0.717, 1.165) is 4.90 Å². The zero-order valence-corrected chi connectivity index (χ0v) is 9.70. The summed E-state index contributed by atoms with van der Waals surface area (Å²) in [4.78, 5) is 34.7. The number of amides is 2. The lowest BCUT2D eigenvalue weighted by Crippen LogP contribution is -2.44. The van der Waals surface area contributed by atoms with Crippen molar-refractivity contribution in [1.82, 2.24) is 4.90 Å². The summed E-state index contributed by atoms with van der Waals surface area (Å²) >= 11 is 0. The summed E-state index contributed by atoms with van der Waals surface area (Å²) in [6.07, 6.45) is 0.252. The lowest BCUT2D eigenvalue weighted by atomic mass is 10.1. The van der Waals surface area contributed by atoms with Gasteiger partial charge in [0.25, 0.3) is 5.91 Å². The lowest BCUT2D eigenvalue weighted by molar-refractivity contribution is -0.127. The Morgan fingerprint density at radius 3 is 2.56 bits per heavy atom. The highest BCUT2D eigenvalue weighted by molar-refractivity contribution is 6.07. The number of carbonyl (C=O) groups excluding carboxylic acids is 3. The Bertz CT molecular complexity index is 361. The molecule has 0 N–H and O–H groups in total. The predicted octanol–water partition coefficient (Wildman–Crippen LogP) is 1.30. The number of carbonyl (C=O) groups is 2. The number of hydrogen-bond donors (Lipinski definition) is 0. The van der Waals surface area contributed by atoms with Crippen molar-refractivity contribution in [3.63, 3.8) is 0 Å². The predicted molar refractivity (Wildman–Crippen MR) is 56.4 cm³/mol. The Morgan fingerprint density at radius 2 is 2.06 bits per heavy atom. The van der Waals surface area contributed by atoms with Crippen LogP contribution >= 0.6 is 0 Å². The second-order valence-corrected chi connectivity index (χ2v) is 4.62. The maximum Gasteiger partial charge on any atom is 0.417 e. The molecule has 0 aromatic rings. The zero-order valence-electron chi connectivity index (χ0n) is 9.70. The van der Waals surface area contributed by atoms with Crippen LogP contribution < -0.4 is 0 Å². The first kappa shape index (κ1) is 12.5. The van der Waals surface area contributed by atoms with E-state index in [4.69, 9.17) is 4.74 Å². The molecule has 0 bridgehead atoms. The molecule has 1 aliphatic heterocycles. The van der Waals surface area contributed by atoms with Gasteiger partial charge in [-0.1, -0.05) is 0 Å². The number of likely N-dealkylation sites (tertiary alicyclic amines) is 1. The Hall–Kier alpha value is -1.61. The van der Waals surface area contributed by atoms with E-state index in [-0.39, 0.29) is 5.57 Å². The van der Waals surface area contributed by atoms with Crippen LogP contribution in [0.25, 0.3) is 0 Å². The highest BCUT2D eigenvalue weighted by atomic mass is 16.6. The Labute approximate surface area is 94.1 Å². The van der Waals surface area contributed by atoms with E-state index in [1.807, 2.05) is 0 Å². The maximum atomic E-state index is 11.6. The van der Waals surface area contributed by atoms with E-state index in [0.29, 0.717) is 19.4 Å². The quantitative estimate of drug-likeness (QED) is 0.460. The highest BCUT2D eigenvalue weighted by Gasteiger charge is 2.32. The number of rotatable bonds is 0. The molecule has 1 saturated heterocycles. The van der Waals surface area contributed by atoms with Crippen LogP contribution in [0, 0.1) is 0 Å². The van der Waals surface area contributed by atoms with E-state index >= 15 is 0 Å². The van der Waals surface area contributed by atoms with E-state index in [1.165, 1.54) is 0 Å². The Morgan fingerprint density at radius 1 is 1.44 bits per heavy atom. The highest BCUT2D eigenvalue weighted by Crippen LogP contribution is 2.18. The van der Waals surface area contributed by atoms with Crippen LogP contribution in [0.5, 0.6) is 0 Å². The molecule has 0 radical (unpaired) electrons. The summed E-state index contributed by atoms with van der Waals surface area (Å²) in [5.41, 5.74) is -0.642. The molecule has 1 aliphatic rings. The Balaban J connectivity index is 2.77. The van der Waals surface area contributed by atoms with Gasteiger partial charge in [0.05, 0.1) is 0 Å². The van der Waals surface area contributed by atoms with Crippen molar-refractivity contribution in [3.05, 3.63) is 5.57 Å². The Kier molecular flexibility index (Phi) is 3.50. The van der Waals surface area contributed by atoms with Gasteiger partial charge in [0, 0.05) is 6.54 Å². The minimum Gasteiger partial charge on any atom is -0.443 e. The summed E-state index contributed by atoms with van der Waals surface area (Å²) in [6.45, 7) is 5.44. The van der Waals surface area contributed by atoms with Gasteiger partial charge in [-0.25, -0.2) is 14.5 Å². The van der Waals surface area contributed by atoms with E-state index < -0.39 is 17.6 Å². The molecular weight excluding hydrogens is 210 g/mol. The summed E-state index contributed by atoms with van der Waals surface area (Å²) in [5, 5.41) is 0. The molecule has 0 aromatic carbocycles. The molecule has 0 aliphatic carbocycles.